The van der Waals surface area contributed by atoms with E-state index >= 15 is 0 Å². The van der Waals surface area contributed by atoms with E-state index < -0.39 is 30.5 Å². The Morgan fingerprint density at radius 1 is 0.829 bits per heavy atom. The van der Waals surface area contributed by atoms with E-state index in [4.69, 9.17) is 45.7 Å². The predicted molar refractivity (Wildman–Crippen MR) is 258 cm³/mol. The average molecular weight is 958 g/mol. The number of nitrogens with one attached hydrogen (secondary N) is 1. The van der Waals surface area contributed by atoms with Crippen molar-refractivity contribution in [2.45, 2.75) is 73.1 Å². The van der Waals surface area contributed by atoms with Crippen LogP contribution in [0.15, 0.2) is 54.7 Å². The molecule has 0 spiro atoms. The number of anilines is 1. The lowest BCUT2D eigenvalue weighted by molar-refractivity contribution is -0.140. The molecule has 1 saturated heterocycles. The number of carboxylic acids is 1. The fourth-order valence-corrected chi connectivity index (χ4v) is 8.90. The molecule has 2 aromatic carbocycles. The van der Waals surface area contributed by atoms with Gasteiger partial charge in [0.15, 0.2) is 18.2 Å². The first-order valence-electron chi connectivity index (χ1n) is 23.0. The number of Topliss-reactive ketones (excluding diaryl/α,β-unsaturated/α-hetero) is 1. The number of rotatable bonds is 20. The molecule has 1 fully saturated rings. The summed E-state index contributed by atoms with van der Waals surface area (Å²) in [6.07, 6.45) is 6.93. The third-order valence-corrected chi connectivity index (χ3v) is 12.3. The summed E-state index contributed by atoms with van der Waals surface area (Å²) in [5.74, 6) is -0.927. The fraction of sp³-hybridized carbons (Fsp3) is 0.375. The van der Waals surface area contributed by atoms with Crippen LogP contribution in [0.25, 0.3) is 44.5 Å². The maximum Gasteiger partial charge on any atom is 0.410 e. The Hall–Kier alpha value is -8.30. The molecule has 1 aliphatic rings. The van der Waals surface area contributed by atoms with Crippen LogP contribution in [0.4, 0.5) is 10.7 Å². The van der Waals surface area contributed by atoms with Gasteiger partial charge in [-0.05, 0) is 89.3 Å². The molecule has 0 radical (unpaired) electrons. The predicted octanol–water partition coefficient (Wildman–Crippen LogP) is 5.11. The maximum atomic E-state index is 13.5. The number of fused-ring (bicyclic) bond motifs is 4. The van der Waals surface area contributed by atoms with Crippen LogP contribution in [0.3, 0.4) is 0 Å². The number of piperidine rings is 1. The lowest BCUT2D eigenvalue weighted by Gasteiger charge is -2.31. The molecule has 6 N–H and O–H groups in total. The van der Waals surface area contributed by atoms with Gasteiger partial charge in [-0.15, -0.1) is 0 Å². The average Bonchev–Trinajstić information content (AvgIpc) is 4.11. The summed E-state index contributed by atoms with van der Waals surface area (Å²) in [4.78, 5) is 78.1. The number of aromatic nitrogens is 9. The number of methoxy groups -OCH3 is 1. The molecule has 0 saturated carbocycles. The van der Waals surface area contributed by atoms with Crippen LogP contribution in [0.5, 0.6) is 11.5 Å². The Labute approximate surface area is 401 Å². The van der Waals surface area contributed by atoms with E-state index in [1.54, 1.807) is 41.2 Å². The summed E-state index contributed by atoms with van der Waals surface area (Å²) in [7, 11) is 1.49. The SMILES string of the molecule is CCn1nc(C)cc1C(=O)CNc1nc2cc(C(N)=O)cc(OC)c2n1C/C=C/Cn1c2nc(-c3cc(C)nn3CC)ncc2c2cc(C(N)=O)cc(OCCC3CCN(C(=O)OCC(=O)O)CC3)c21. The zero-order valence-electron chi connectivity index (χ0n) is 39.6. The van der Waals surface area contributed by atoms with Gasteiger partial charge in [0.1, 0.15) is 34.1 Å². The monoisotopic (exact) mass is 957 g/mol. The molecule has 22 nitrogen and oxygen atoms in total. The van der Waals surface area contributed by atoms with Gasteiger partial charge in [0.2, 0.25) is 17.8 Å². The number of ether oxygens (including phenoxy) is 3. The van der Waals surface area contributed by atoms with Crippen molar-refractivity contribution in [1.82, 2.24) is 48.5 Å². The van der Waals surface area contributed by atoms with Gasteiger partial charge in [0.25, 0.3) is 0 Å². The Bertz CT molecular complexity index is 3190. The zero-order valence-corrected chi connectivity index (χ0v) is 39.6. The van der Waals surface area contributed by atoms with E-state index in [0.717, 1.165) is 17.1 Å². The van der Waals surface area contributed by atoms with Gasteiger partial charge >= 0.3 is 12.1 Å². The van der Waals surface area contributed by atoms with Gasteiger partial charge < -0.3 is 50.1 Å². The summed E-state index contributed by atoms with van der Waals surface area (Å²) in [5, 5.41) is 22.5. The number of imidazole rings is 1. The highest BCUT2D eigenvalue weighted by Gasteiger charge is 2.26. The molecular formula is C48H55N13O9. The van der Waals surface area contributed by atoms with Crippen molar-refractivity contribution in [1.29, 1.82) is 0 Å². The third kappa shape index (κ3) is 9.96. The number of amides is 3. The van der Waals surface area contributed by atoms with E-state index in [1.165, 1.54) is 12.0 Å². The van der Waals surface area contributed by atoms with E-state index in [2.05, 4.69) is 15.5 Å². The summed E-state index contributed by atoms with van der Waals surface area (Å²) in [6.45, 7) is 9.58. The van der Waals surface area contributed by atoms with Gasteiger partial charge in [0, 0.05) is 67.4 Å². The van der Waals surface area contributed by atoms with Crippen molar-refractivity contribution in [2.75, 3.05) is 45.3 Å². The number of hydrogen-bond acceptors (Lipinski definition) is 14. The zero-order chi connectivity index (χ0) is 49.8. The number of hydrogen-bond donors (Lipinski definition) is 4. The van der Waals surface area contributed by atoms with Crippen LogP contribution < -0.4 is 26.3 Å². The third-order valence-electron chi connectivity index (χ3n) is 12.3. The minimum atomic E-state index is -1.22. The van der Waals surface area contributed by atoms with Crippen LogP contribution in [-0.4, -0.2) is 123 Å². The first kappa shape index (κ1) is 48.2. The molecule has 70 heavy (non-hydrogen) atoms. The molecule has 6 heterocycles. The second-order valence-corrected chi connectivity index (χ2v) is 17.0. The lowest BCUT2D eigenvalue weighted by Crippen LogP contribution is -2.39. The normalized spacial score (nSPS) is 13.2. The molecule has 3 amide bonds. The molecule has 22 heteroatoms. The largest absolute Gasteiger partial charge is 0.494 e. The van der Waals surface area contributed by atoms with E-state index in [0.29, 0.717) is 107 Å². The number of carbonyl (C=O) groups excluding carboxylic acids is 4. The second kappa shape index (κ2) is 20.5. The van der Waals surface area contributed by atoms with Crippen molar-refractivity contribution in [2.24, 2.45) is 17.4 Å². The highest BCUT2D eigenvalue weighted by atomic mass is 16.6. The van der Waals surface area contributed by atoms with Gasteiger partial charge in [-0.2, -0.15) is 10.2 Å². The van der Waals surface area contributed by atoms with Gasteiger partial charge in [-0.25, -0.2) is 24.5 Å². The molecular weight excluding hydrogens is 903 g/mol. The highest BCUT2D eigenvalue weighted by molar-refractivity contribution is 6.12. The Morgan fingerprint density at radius 3 is 2.19 bits per heavy atom. The number of aliphatic carboxylic acids is 1. The standard InChI is InChI=1S/C48H55N13O9/c1-6-60-35(18-27(3)55-60)37(62)25-52-47-53-34-21-31(44(50)66)22-38(68-5)42(34)59(47)14-9-8-13-58-41-32(33-24-51-45(54-46(33)58)36-19-28(4)56-61(36)7-2)20-30(43(49)65)23-39(41)69-17-12-29-10-15-57(16-11-29)48(67)70-26-40(63)64/h8-9,18-24,29H,6-7,10-17,25-26H2,1-5H3,(H2,49,65)(H2,50,66)(H,52,53)(H,63,64)/b9-8+. The van der Waals surface area contributed by atoms with Crippen LogP contribution in [0.2, 0.25) is 0 Å². The maximum absolute atomic E-state index is 13.5. The smallest absolute Gasteiger partial charge is 0.410 e. The van der Waals surface area contributed by atoms with E-state index in [-0.39, 0.29) is 49.1 Å². The molecule has 5 aromatic heterocycles. The van der Waals surface area contributed by atoms with Crippen LogP contribution in [0.1, 0.15) is 75.7 Å². The number of aryl methyl sites for hydroxylation is 4. The molecule has 0 atom stereocenters. The number of ketones is 1. The number of primary amides is 2. The molecule has 8 rings (SSSR count). The van der Waals surface area contributed by atoms with Gasteiger partial charge in [-0.3, -0.25) is 23.7 Å². The van der Waals surface area contributed by atoms with E-state index in [1.807, 2.05) is 59.7 Å². The number of allylic oxidation sites excluding steroid dienone is 2. The number of carbonyl (C=O) groups is 5. The molecule has 366 valence electrons. The van der Waals surface area contributed by atoms with Crippen LogP contribution >= 0.6 is 0 Å². The summed E-state index contributed by atoms with van der Waals surface area (Å²) < 4.78 is 24.5. The number of benzene rings is 2. The Kier molecular flexibility index (Phi) is 14.1. The summed E-state index contributed by atoms with van der Waals surface area (Å²) in [5.41, 5.74) is 17.0. The molecule has 0 aliphatic carbocycles. The van der Waals surface area contributed by atoms with Gasteiger partial charge in [-0.1, -0.05) is 12.2 Å². The van der Waals surface area contributed by atoms with Crippen LogP contribution in [0, 0.1) is 19.8 Å². The molecule has 0 unspecified atom stereocenters. The van der Waals surface area contributed by atoms with Crippen molar-refractivity contribution < 1.29 is 43.3 Å². The first-order valence-corrected chi connectivity index (χ1v) is 23.0. The van der Waals surface area contributed by atoms with Crippen molar-refractivity contribution in [3.05, 3.63) is 83.0 Å². The number of carboxylic acid groups (broad SMARTS) is 1. The quantitative estimate of drug-likeness (QED) is 0.0570. The summed E-state index contributed by atoms with van der Waals surface area (Å²) >= 11 is 0. The number of likely N-dealkylation sites (tertiary alicyclic amines) is 1. The lowest BCUT2D eigenvalue weighted by atomic mass is 9.94. The minimum absolute atomic E-state index is 0.0957. The van der Waals surface area contributed by atoms with Crippen molar-refractivity contribution in [3.63, 3.8) is 0 Å². The topological polar surface area (TPSA) is 285 Å². The Balaban J connectivity index is 1.14. The molecule has 0 bridgehead atoms. The minimum Gasteiger partial charge on any atom is -0.494 e. The molecule has 1 aliphatic heterocycles. The van der Waals surface area contributed by atoms with Crippen molar-refractivity contribution >= 4 is 68.6 Å². The Morgan fingerprint density at radius 2 is 1.50 bits per heavy atom. The van der Waals surface area contributed by atoms with Crippen molar-refractivity contribution in [3.8, 4) is 23.0 Å². The number of nitrogens with zero attached hydrogens (tertiary/aromatic N) is 10. The first-order chi connectivity index (χ1) is 33.7. The fourth-order valence-electron chi connectivity index (χ4n) is 8.90. The van der Waals surface area contributed by atoms with E-state index in [9.17, 15) is 24.0 Å². The van der Waals surface area contributed by atoms with Crippen LogP contribution in [-0.2, 0) is 35.7 Å². The number of nitrogens with two attached hydrogens (primary N) is 2. The summed E-state index contributed by atoms with van der Waals surface area (Å²) in [6, 6.07) is 10.2. The highest BCUT2D eigenvalue weighted by Crippen LogP contribution is 2.37. The van der Waals surface area contributed by atoms with Gasteiger partial charge in [0.05, 0.1) is 42.7 Å². The molecule has 7 aromatic rings. The second-order valence-electron chi connectivity index (χ2n) is 17.0.